The van der Waals surface area contributed by atoms with Gasteiger partial charge in [0.05, 0.1) is 5.75 Å². The molecule has 0 radical (unpaired) electrons. The summed E-state index contributed by atoms with van der Waals surface area (Å²) in [6.45, 7) is 7.04. The molecule has 1 unspecified atom stereocenters. The monoisotopic (exact) mass is 229 g/mol. The van der Waals surface area contributed by atoms with Crippen LogP contribution in [0, 0.1) is 5.92 Å². The van der Waals surface area contributed by atoms with Gasteiger partial charge in [-0.2, -0.15) is 16.7 Å². The fraction of sp³-hybridized carbons (Fsp3) is 0.800. The topological polar surface area (TPSA) is 64.9 Å². The average Bonchev–Trinajstić information content (AvgIpc) is 2.62. The van der Waals surface area contributed by atoms with Crippen molar-refractivity contribution in [3.05, 3.63) is 11.7 Å². The second-order valence-electron chi connectivity index (χ2n) is 4.01. The minimum atomic E-state index is 0.399. The predicted molar refractivity (Wildman–Crippen MR) is 62.7 cm³/mol. The van der Waals surface area contributed by atoms with Gasteiger partial charge < -0.3 is 10.3 Å². The van der Waals surface area contributed by atoms with Gasteiger partial charge in [0.2, 0.25) is 5.89 Å². The van der Waals surface area contributed by atoms with Crippen LogP contribution in [0.15, 0.2) is 4.52 Å². The molecule has 15 heavy (non-hydrogen) atoms. The van der Waals surface area contributed by atoms with E-state index in [1.165, 1.54) is 0 Å². The van der Waals surface area contributed by atoms with Crippen molar-refractivity contribution in [2.45, 2.75) is 38.2 Å². The molecule has 1 rings (SSSR count). The summed E-state index contributed by atoms with van der Waals surface area (Å²) in [5.74, 6) is 2.70. The summed E-state index contributed by atoms with van der Waals surface area (Å²) < 4.78 is 5.14. The quantitative estimate of drug-likeness (QED) is 0.806. The van der Waals surface area contributed by atoms with Gasteiger partial charge in [-0.15, -0.1) is 0 Å². The van der Waals surface area contributed by atoms with Crippen molar-refractivity contribution in [1.29, 1.82) is 0 Å². The Labute approximate surface area is 95.0 Å². The van der Waals surface area contributed by atoms with Crippen LogP contribution >= 0.6 is 11.8 Å². The van der Waals surface area contributed by atoms with Gasteiger partial charge >= 0.3 is 0 Å². The molecule has 0 fully saturated rings. The first-order valence-electron chi connectivity index (χ1n) is 5.25. The maximum atomic E-state index is 5.53. The highest BCUT2D eigenvalue weighted by Gasteiger charge is 2.10. The van der Waals surface area contributed by atoms with E-state index in [1.807, 2.05) is 11.8 Å². The first kappa shape index (κ1) is 12.5. The van der Waals surface area contributed by atoms with Gasteiger partial charge in [0, 0.05) is 6.42 Å². The summed E-state index contributed by atoms with van der Waals surface area (Å²) in [6, 6.07) is 0. The second-order valence-corrected chi connectivity index (χ2v) is 5.57. The van der Waals surface area contributed by atoms with Gasteiger partial charge in [-0.05, 0) is 17.7 Å². The second kappa shape index (κ2) is 6.12. The van der Waals surface area contributed by atoms with E-state index in [9.17, 15) is 0 Å². The smallest absolute Gasteiger partial charge is 0.226 e. The summed E-state index contributed by atoms with van der Waals surface area (Å²) in [5.41, 5.74) is 5.53. The van der Waals surface area contributed by atoms with Crippen LogP contribution in [0.2, 0.25) is 0 Å². The van der Waals surface area contributed by atoms with Crippen molar-refractivity contribution in [3.8, 4) is 0 Å². The van der Waals surface area contributed by atoms with Crippen LogP contribution in [-0.4, -0.2) is 21.9 Å². The Hall–Kier alpha value is -0.550. The predicted octanol–water partition coefficient (Wildman–Crippen LogP) is 1.85. The van der Waals surface area contributed by atoms with E-state index in [-0.39, 0.29) is 0 Å². The normalized spacial score (nSPS) is 13.4. The van der Waals surface area contributed by atoms with E-state index >= 15 is 0 Å². The van der Waals surface area contributed by atoms with Crippen molar-refractivity contribution in [2.75, 3.05) is 6.54 Å². The van der Waals surface area contributed by atoms with Crippen molar-refractivity contribution in [3.63, 3.8) is 0 Å². The molecule has 1 atom stereocenters. The number of nitrogens with two attached hydrogens (primary N) is 1. The highest BCUT2D eigenvalue weighted by Crippen LogP contribution is 2.15. The van der Waals surface area contributed by atoms with Gasteiger partial charge in [0.25, 0.3) is 0 Å². The van der Waals surface area contributed by atoms with Crippen LogP contribution in [0.3, 0.4) is 0 Å². The number of thioether (sulfide) groups is 1. The summed E-state index contributed by atoms with van der Waals surface area (Å²) >= 11 is 1.81. The van der Waals surface area contributed by atoms with Crippen molar-refractivity contribution < 1.29 is 4.52 Å². The molecule has 1 heterocycles. The summed E-state index contributed by atoms with van der Waals surface area (Å²) in [5, 5.41) is 4.52. The number of nitrogens with zero attached hydrogens (tertiary/aromatic N) is 2. The molecule has 0 aliphatic rings. The van der Waals surface area contributed by atoms with E-state index < -0.39 is 0 Å². The maximum Gasteiger partial charge on any atom is 0.226 e. The number of hydrogen-bond donors (Lipinski definition) is 1. The number of aromatic nitrogens is 2. The summed E-state index contributed by atoms with van der Waals surface area (Å²) in [7, 11) is 0. The Morgan fingerprint density at radius 3 is 2.73 bits per heavy atom. The molecule has 86 valence electrons. The molecule has 0 saturated heterocycles. The highest BCUT2D eigenvalue weighted by atomic mass is 32.2. The van der Waals surface area contributed by atoms with Crippen LogP contribution in [-0.2, 0) is 12.2 Å². The lowest BCUT2D eigenvalue weighted by Gasteiger charge is -2.02. The molecular formula is C10H19N3OS. The van der Waals surface area contributed by atoms with E-state index in [4.69, 9.17) is 10.3 Å². The summed E-state index contributed by atoms with van der Waals surface area (Å²) in [6.07, 6.45) is 0.774. The lowest BCUT2D eigenvalue weighted by molar-refractivity contribution is 0.356. The van der Waals surface area contributed by atoms with Gasteiger partial charge in [0.1, 0.15) is 0 Å². The Morgan fingerprint density at radius 2 is 2.13 bits per heavy atom. The first-order valence-corrected chi connectivity index (χ1v) is 6.29. The number of hydrogen-bond acceptors (Lipinski definition) is 5. The van der Waals surface area contributed by atoms with Gasteiger partial charge in [-0.25, -0.2) is 0 Å². The van der Waals surface area contributed by atoms with Crippen molar-refractivity contribution >= 4 is 11.8 Å². The molecule has 0 bridgehead atoms. The molecule has 1 aromatic rings. The largest absolute Gasteiger partial charge is 0.339 e. The zero-order valence-corrected chi connectivity index (χ0v) is 10.4. The average molecular weight is 229 g/mol. The Bertz CT molecular complexity index is 288. The Morgan fingerprint density at radius 1 is 1.40 bits per heavy atom. The van der Waals surface area contributed by atoms with E-state index in [0.29, 0.717) is 23.6 Å². The maximum absolute atomic E-state index is 5.53. The minimum absolute atomic E-state index is 0.399. The zero-order chi connectivity index (χ0) is 11.3. The Kier molecular flexibility index (Phi) is 5.11. The van der Waals surface area contributed by atoms with Crippen LogP contribution in [0.25, 0.3) is 0 Å². The first-order chi connectivity index (χ1) is 7.11. The van der Waals surface area contributed by atoms with E-state index in [2.05, 4.69) is 30.9 Å². The SMILES string of the molecule is CC(CN)Cc1nc(CSC(C)C)no1. The molecule has 1 aromatic heterocycles. The molecule has 0 aromatic carbocycles. The third kappa shape index (κ3) is 4.66. The van der Waals surface area contributed by atoms with Gasteiger partial charge in [-0.3, -0.25) is 0 Å². The van der Waals surface area contributed by atoms with Crippen LogP contribution in [0.4, 0.5) is 0 Å². The molecule has 0 amide bonds. The molecule has 0 saturated carbocycles. The molecule has 0 aliphatic carbocycles. The zero-order valence-electron chi connectivity index (χ0n) is 9.56. The number of rotatable bonds is 6. The molecule has 0 spiro atoms. The van der Waals surface area contributed by atoms with Gasteiger partial charge in [-0.1, -0.05) is 25.9 Å². The molecular weight excluding hydrogens is 210 g/mol. The third-order valence-electron chi connectivity index (χ3n) is 1.98. The fourth-order valence-electron chi connectivity index (χ4n) is 1.05. The van der Waals surface area contributed by atoms with E-state index in [0.717, 1.165) is 18.0 Å². The molecule has 2 N–H and O–H groups in total. The van der Waals surface area contributed by atoms with Crippen LogP contribution in [0.1, 0.15) is 32.5 Å². The third-order valence-corrected chi connectivity index (χ3v) is 3.07. The summed E-state index contributed by atoms with van der Waals surface area (Å²) in [4.78, 5) is 4.32. The standard InChI is InChI=1S/C10H19N3OS/c1-7(2)15-6-9-12-10(14-13-9)4-8(3)5-11/h7-8H,4-6,11H2,1-3H3. The molecule has 4 nitrogen and oxygen atoms in total. The fourth-order valence-corrected chi connectivity index (χ4v) is 1.65. The molecule has 5 heteroatoms. The van der Waals surface area contributed by atoms with Gasteiger partial charge in [0.15, 0.2) is 5.82 Å². The van der Waals surface area contributed by atoms with Crippen LogP contribution in [0.5, 0.6) is 0 Å². The molecule has 0 aliphatic heterocycles. The van der Waals surface area contributed by atoms with Crippen LogP contribution < -0.4 is 5.73 Å². The lowest BCUT2D eigenvalue weighted by Crippen LogP contribution is -2.13. The van der Waals surface area contributed by atoms with Crippen molar-refractivity contribution in [2.24, 2.45) is 11.7 Å². The Balaban J connectivity index is 2.42. The highest BCUT2D eigenvalue weighted by molar-refractivity contribution is 7.99. The lowest BCUT2D eigenvalue weighted by atomic mass is 10.1. The van der Waals surface area contributed by atoms with Crippen molar-refractivity contribution in [1.82, 2.24) is 10.1 Å². The minimum Gasteiger partial charge on any atom is -0.339 e. The van der Waals surface area contributed by atoms with E-state index in [1.54, 1.807) is 0 Å².